The molecule has 0 bridgehead atoms. The Morgan fingerprint density at radius 1 is 1.28 bits per heavy atom. The quantitative estimate of drug-likeness (QED) is 0.841. The van der Waals surface area contributed by atoms with Gasteiger partial charge in [-0.25, -0.2) is 4.79 Å². The predicted molar refractivity (Wildman–Crippen MR) is 72.4 cm³/mol. The number of thiophene rings is 1. The summed E-state index contributed by atoms with van der Waals surface area (Å²) < 4.78 is 4.84. The van der Waals surface area contributed by atoms with E-state index in [4.69, 9.17) is 4.74 Å². The summed E-state index contributed by atoms with van der Waals surface area (Å²) in [5, 5.41) is 5.25. The second kappa shape index (κ2) is 6.33. The van der Waals surface area contributed by atoms with Gasteiger partial charge in [0.1, 0.15) is 6.04 Å². The number of hydrogen-bond donors (Lipinski definition) is 1. The van der Waals surface area contributed by atoms with Crippen LogP contribution in [0.1, 0.15) is 16.5 Å². The molecule has 0 fully saturated rings. The monoisotopic (exact) mass is 261 g/mol. The Kier molecular flexibility index (Phi) is 4.50. The highest BCUT2D eigenvalue weighted by atomic mass is 32.1. The molecule has 0 aliphatic rings. The second-order valence-corrected chi connectivity index (χ2v) is 4.86. The fraction of sp³-hybridized carbons (Fsp3) is 0.214. The molecule has 1 aromatic heterocycles. The lowest BCUT2D eigenvalue weighted by molar-refractivity contribution is -0.143. The molecule has 3 nitrogen and oxygen atoms in total. The molecule has 0 saturated carbocycles. The molecule has 18 heavy (non-hydrogen) atoms. The summed E-state index contributed by atoms with van der Waals surface area (Å²) in [5.74, 6) is -0.266. The maximum atomic E-state index is 11.8. The first-order chi connectivity index (χ1) is 8.81. The van der Waals surface area contributed by atoms with E-state index in [2.05, 4.69) is 5.32 Å². The van der Waals surface area contributed by atoms with Gasteiger partial charge in [-0.2, -0.15) is 0 Å². The highest BCUT2D eigenvalue weighted by Crippen LogP contribution is 2.16. The molecule has 0 radical (unpaired) electrons. The molecule has 1 unspecified atom stereocenters. The van der Waals surface area contributed by atoms with Gasteiger partial charge in [-0.05, 0) is 17.0 Å². The molecule has 2 aromatic rings. The van der Waals surface area contributed by atoms with E-state index in [9.17, 15) is 4.79 Å². The Balaban J connectivity index is 2.09. The van der Waals surface area contributed by atoms with Crippen molar-refractivity contribution in [3.63, 3.8) is 0 Å². The first-order valence-electron chi connectivity index (χ1n) is 5.70. The number of benzene rings is 1. The second-order valence-electron chi connectivity index (χ2n) is 3.83. The van der Waals surface area contributed by atoms with Gasteiger partial charge in [-0.1, -0.05) is 36.4 Å². The van der Waals surface area contributed by atoms with E-state index >= 15 is 0 Å². The molecule has 1 N–H and O–H groups in total. The molecular weight excluding hydrogens is 246 g/mol. The Morgan fingerprint density at radius 2 is 2.06 bits per heavy atom. The third kappa shape index (κ3) is 3.18. The summed E-state index contributed by atoms with van der Waals surface area (Å²) in [4.78, 5) is 13.0. The molecule has 1 heterocycles. The first-order valence-corrected chi connectivity index (χ1v) is 6.58. The van der Waals surface area contributed by atoms with Crippen molar-refractivity contribution in [1.29, 1.82) is 0 Å². The Labute approximate surface area is 110 Å². The number of ether oxygens (including phenoxy) is 1. The van der Waals surface area contributed by atoms with Crippen LogP contribution in [0, 0.1) is 0 Å². The number of nitrogens with one attached hydrogen (secondary N) is 1. The number of carbonyl (C=O) groups excluding carboxylic acids is 1. The van der Waals surface area contributed by atoms with Crippen LogP contribution in [0.5, 0.6) is 0 Å². The zero-order valence-corrected chi connectivity index (χ0v) is 10.9. The van der Waals surface area contributed by atoms with E-state index in [0.717, 1.165) is 5.56 Å². The summed E-state index contributed by atoms with van der Waals surface area (Å²) in [7, 11) is 1.41. The molecular formula is C14H15NO2S. The van der Waals surface area contributed by atoms with E-state index in [1.54, 1.807) is 11.3 Å². The third-order valence-electron chi connectivity index (χ3n) is 2.63. The maximum absolute atomic E-state index is 11.8. The van der Waals surface area contributed by atoms with Crippen molar-refractivity contribution in [2.24, 2.45) is 0 Å². The summed E-state index contributed by atoms with van der Waals surface area (Å²) in [6.07, 6.45) is 0. The molecule has 94 valence electrons. The van der Waals surface area contributed by atoms with Crippen molar-refractivity contribution < 1.29 is 9.53 Å². The van der Waals surface area contributed by atoms with E-state index in [1.807, 2.05) is 47.8 Å². The normalized spacial score (nSPS) is 12.1. The lowest BCUT2D eigenvalue weighted by Crippen LogP contribution is -2.29. The van der Waals surface area contributed by atoms with Gasteiger partial charge in [0.25, 0.3) is 0 Å². The van der Waals surface area contributed by atoms with Crippen LogP contribution in [-0.4, -0.2) is 13.1 Å². The van der Waals surface area contributed by atoms with Gasteiger partial charge in [-0.15, -0.1) is 11.3 Å². The van der Waals surface area contributed by atoms with Crippen LogP contribution < -0.4 is 5.32 Å². The number of carbonyl (C=O) groups is 1. The molecule has 0 amide bonds. The van der Waals surface area contributed by atoms with Crippen LogP contribution in [0.15, 0.2) is 47.8 Å². The van der Waals surface area contributed by atoms with E-state index in [-0.39, 0.29) is 5.97 Å². The number of hydrogen-bond acceptors (Lipinski definition) is 4. The average Bonchev–Trinajstić information content (AvgIpc) is 2.93. The molecule has 0 aliphatic carbocycles. The largest absolute Gasteiger partial charge is 0.468 e. The molecule has 1 aromatic carbocycles. The fourth-order valence-corrected chi connectivity index (χ4v) is 2.37. The van der Waals surface area contributed by atoms with E-state index in [0.29, 0.717) is 6.54 Å². The molecule has 1 atom stereocenters. The topological polar surface area (TPSA) is 38.3 Å². The van der Waals surface area contributed by atoms with Crippen molar-refractivity contribution in [1.82, 2.24) is 5.32 Å². The standard InChI is InChI=1S/C14H15NO2S/c1-17-14(16)13(11-6-3-2-4-7-11)15-10-12-8-5-9-18-12/h2-9,13,15H,10H2,1H3. The highest BCUT2D eigenvalue weighted by Gasteiger charge is 2.20. The predicted octanol–water partition coefficient (Wildman–Crippen LogP) is 2.75. The van der Waals surface area contributed by atoms with Crippen LogP contribution in [0.2, 0.25) is 0 Å². The molecule has 0 spiro atoms. The van der Waals surface area contributed by atoms with Gasteiger partial charge in [-0.3, -0.25) is 5.32 Å². The summed E-state index contributed by atoms with van der Waals surface area (Å²) in [6, 6.07) is 13.2. The smallest absolute Gasteiger partial charge is 0.327 e. The molecule has 0 saturated heterocycles. The highest BCUT2D eigenvalue weighted by molar-refractivity contribution is 7.09. The van der Waals surface area contributed by atoms with E-state index < -0.39 is 6.04 Å². The zero-order chi connectivity index (χ0) is 12.8. The maximum Gasteiger partial charge on any atom is 0.327 e. The van der Waals surface area contributed by atoms with Crippen LogP contribution in [0.25, 0.3) is 0 Å². The Hall–Kier alpha value is -1.65. The van der Waals surface area contributed by atoms with Crippen LogP contribution in [0.4, 0.5) is 0 Å². The average molecular weight is 261 g/mol. The van der Waals surface area contributed by atoms with Gasteiger partial charge < -0.3 is 4.74 Å². The van der Waals surface area contributed by atoms with Crippen LogP contribution in [0.3, 0.4) is 0 Å². The van der Waals surface area contributed by atoms with Crippen LogP contribution in [-0.2, 0) is 16.1 Å². The third-order valence-corrected chi connectivity index (χ3v) is 3.51. The van der Waals surface area contributed by atoms with Crippen molar-refractivity contribution >= 4 is 17.3 Å². The van der Waals surface area contributed by atoms with Gasteiger partial charge in [0, 0.05) is 11.4 Å². The van der Waals surface area contributed by atoms with Crippen molar-refractivity contribution in [3.05, 3.63) is 58.3 Å². The zero-order valence-electron chi connectivity index (χ0n) is 10.1. The van der Waals surface area contributed by atoms with Gasteiger partial charge in [0.15, 0.2) is 0 Å². The molecule has 0 aliphatic heterocycles. The first kappa shape index (κ1) is 12.8. The lowest BCUT2D eigenvalue weighted by atomic mass is 10.1. The van der Waals surface area contributed by atoms with Crippen molar-refractivity contribution in [2.75, 3.05) is 7.11 Å². The summed E-state index contributed by atoms with van der Waals surface area (Å²) >= 11 is 1.66. The SMILES string of the molecule is COC(=O)C(NCc1cccs1)c1ccccc1. The minimum Gasteiger partial charge on any atom is -0.468 e. The van der Waals surface area contributed by atoms with E-state index in [1.165, 1.54) is 12.0 Å². The molecule has 4 heteroatoms. The fourth-order valence-electron chi connectivity index (χ4n) is 1.72. The van der Waals surface area contributed by atoms with Gasteiger partial charge in [0.2, 0.25) is 0 Å². The molecule has 2 rings (SSSR count). The minimum absolute atomic E-state index is 0.266. The number of esters is 1. The Bertz CT molecular complexity index is 482. The summed E-state index contributed by atoms with van der Waals surface area (Å²) in [5.41, 5.74) is 0.918. The summed E-state index contributed by atoms with van der Waals surface area (Å²) in [6.45, 7) is 0.659. The van der Waals surface area contributed by atoms with Gasteiger partial charge >= 0.3 is 5.97 Å². The minimum atomic E-state index is -0.418. The lowest BCUT2D eigenvalue weighted by Gasteiger charge is -2.16. The van der Waals surface area contributed by atoms with Crippen LogP contribution >= 0.6 is 11.3 Å². The number of methoxy groups -OCH3 is 1. The Morgan fingerprint density at radius 3 is 2.67 bits per heavy atom. The van der Waals surface area contributed by atoms with Crippen molar-refractivity contribution in [2.45, 2.75) is 12.6 Å². The van der Waals surface area contributed by atoms with Gasteiger partial charge in [0.05, 0.1) is 7.11 Å². The van der Waals surface area contributed by atoms with Crippen molar-refractivity contribution in [3.8, 4) is 0 Å². The number of rotatable bonds is 5.